The smallest absolute Gasteiger partial charge is 0.191 e. The molecule has 0 N–H and O–H groups in total. The highest BCUT2D eigenvalue weighted by Gasteiger charge is 2.19. The van der Waals surface area contributed by atoms with Gasteiger partial charge in [0, 0.05) is 47.0 Å². The lowest BCUT2D eigenvalue weighted by Crippen LogP contribution is -2.06. The number of rotatable bonds is 9. The summed E-state index contributed by atoms with van der Waals surface area (Å²) >= 11 is 4.80. The van der Waals surface area contributed by atoms with E-state index in [1.807, 2.05) is 42.5 Å². The van der Waals surface area contributed by atoms with Crippen molar-refractivity contribution in [1.29, 1.82) is 0 Å². The first-order chi connectivity index (χ1) is 17.6. The minimum atomic E-state index is -0.241. The zero-order valence-corrected chi connectivity index (χ0v) is 22.1. The average Bonchev–Trinajstić information content (AvgIpc) is 3.30. The highest BCUT2D eigenvalue weighted by Crippen LogP contribution is 2.34. The average molecular weight is 563 g/mol. The van der Waals surface area contributed by atoms with E-state index in [9.17, 15) is 4.39 Å². The Bertz CT molecular complexity index is 1490. The lowest BCUT2D eigenvalue weighted by atomic mass is 10.0. The Balaban J connectivity index is 1.58. The summed E-state index contributed by atoms with van der Waals surface area (Å²) in [4.78, 5) is 4.91. The standard InChI is InChI=1S/C28H24BrFN4OS/c1-35-15-7-14-34-27(32-33-28(34)36-18-20-12-13-21(29)16-24(20)30)23-17-26(19-8-3-2-4-9-19)31-25-11-6-5-10-22(23)25/h2-6,8-13,16-17H,7,14-15,18H2,1H3. The van der Waals surface area contributed by atoms with E-state index in [2.05, 4.69) is 55.0 Å². The van der Waals surface area contributed by atoms with Crippen LogP contribution in [0.25, 0.3) is 33.5 Å². The summed E-state index contributed by atoms with van der Waals surface area (Å²) < 4.78 is 22.6. The minimum absolute atomic E-state index is 0.241. The Morgan fingerprint density at radius 1 is 0.972 bits per heavy atom. The van der Waals surface area contributed by atoms with Gasteiger partial charge in [0.15, 0.2) is 11.0 Å². The fourth-order valence-electron chi connectivity index (χ4n) is 4.06. The van der Waals surface area contributed by atoms with Crippen molar-refractivity contribution in [2.75, 3.05) is 13.7 Å². The summed E-state index contributed by atoms with van der Waals surface area (Å²) in [7, 11) is 1.70. The topological polar surface area (TPSA) is 52.8 Å². The number of benzene rings is 3. The van der Waals surface area contributed by atoms with Crippen LogP contribution in [0, 0.1) is 5.82 Å². The normalized spacial score (nSPS) is 11.3. The van der Waals surface area contributed by atoms with E-state index in [0.717, 1.165) is 49.6 Å². The monoisotopic (exact) mass is 562 g/mol. The van der Waals surface area contributed by atoms with Crippen LogP contribution >= 0.6 is 27.7 Å². The molecule has 0 saturated carbocycles. The number of nitrogens with zero attached hydrogens (tertiary/aromatic N) is 4. The van der Waals surface area contributed by atoms with Crippen molar-refractivity contribution < 1.29 is 9.13 Å². The number of methoxy groups -OCH3 is 1. The second-order valence-corrected chi connectivity index (χ2v) is 10.1. The molecule has 0 bridgehead atoms. The molecule has 2 aromatic heterocycles. The van der Waals surface area contributed by atoms with E-state index in [-0.39, 0.29) is 5.82 Å². The third kappa shape index (κ3) is 5.36. The molecule has 5 rings (SSSR count). The molecule has 3 aromatic carbocycles. The summed E-state index contributed by atoms with van der Waals surface area (Å²) in [5.74, 6) is 0.976. The number of hydrogen-bond acceptors (Lipinski definition) is 5. The molecule has 0 atom stereocenters. The van der Waals surface area contributed by atoms with E-state index in [1.165, 1.54) is 17.8 Å². The predicted octanol–water partition coefficient (Wildman–Crippen LogP) is 7.39. The van der Waals surface area contributed by atoms with Gasteiger partial charge in [0.2, 0.25) is 0 Å². The first kappa shape index (κ1) is 24.6. The van der Waals surface area contributed by atoms with Crippen LogP contribution in [0.15, 0.2) is 88.5 Å². The molecule has 0 radical (unpaired) electrons. The van der Waals surface area contributed by atoms with Crippen molar-refractivity contribution in [3.63, 3.8) is 0 Å². The van der Waals surface area contributed by atoms with Crippen molar-refractivity contribution in [2.45, 2.75) is 23.9 Å². The molecule has 0 aliphatic rings. The fourth-order valence-corrected chi connectivity index (χ4v) is 5.35. The van der Waals surface area contributed by atoms with E-state index < -0.39 is 0 Å². The molecular formula is C28H24BrFN4OS. The minimum Gasteiger partial charge on any atom is -0.385 e. The molecule has 8 heteroatoms. The summed E-state index contributed by atoms with van der Waals surface area (Å²) in [6, 6.07) is 25.4. The summed E-state index contributed by atoms with van der Waals surface area (Å²) in [6.07, 6.45) is 0.802. The number of ether oxygens (including phenoxy) is 1. The largest absolute Gasteiger partial charge is 0.385 e. The Morgan fingerprint density at radius 3 is 2.58 bits per heavy atom. The fraction of sp³-hybridized carbons (Fsp3) is 0.179. The number of hydrogen-bond donors (Lipinski definition) is 0. The van der Waals surface area contributed by atoms with E-state index in [0.29, 0.717) is 24.5 Å². The Labute approximate surface area is 221 Å². The lowest BCUT2D eigenvalue weighted by Gasteiger charge is -2.13. The van der Waals surface area contributed by atoms with Gasteiger partial charge < -0.3 is 9.30 Å². The van der Waals surface area contributed by atoms with Gasteiger partial charge in [-0.15, -0.1) is 10.2 Å². The van der Waals surface area contributed by atoms with Crippen LogP contribution in [0.3, 0.4) is 0 Å². The number of pyridine rings is 1. The number of fused-ring (bicyclic) bond motifs is 1. The molecule has 0 spiro atoms. The highest BCUT2D eigenvalue weighted by atomic mass is 79.9. The van der Waals surface area contributed by atoms with Crippen molar-refractivity contribution >= 4 is 38.6 Å². The zero-order chi connectivity index (χ0) is 24.9. The second kappa shape index (κ2) is 11.3. The molecule has 0 aliphatic carbocycles. The second-order valence-electron chi connectivity index (χ2n) is 8.27. The van der Waals surface area contributed by atoms with Crippen molar-refractivity contribution in [3.05, 3.63) is 94.7 Å². The molecule has 0 fully saturated rings. The first-order valence-electron chi connectivity index (χ1n) is 11.6. The van der Waals surface area contributed by atoms with E-state index >= 15 is 0 Å². The maximum absolute atomic E-state index is 14.4. The van der Waals surface area contributed by atoms with E-state index in [4.69, 9.17) is 9.72 Å². The van der Waals surface area contributed by atoms with Gasteiger partial charge in [0.25, 0.3) is 0 Å². The van der Waals surface area contributed by atoms with Crippen LogP contribution in [0.1, 0.15) is 12.0 Å². The van der Waals surface area contributed by atoms with Crippen molar-refractivity contribution in [1.82, 2.24) is 19.7 Å². The molecule has 182 valence electrons. The molecular weight excluding hydrogens is 539 g/mol. The third-order valence-electron chi connectivity index (χ3n) is 5.85. The molecule has 0 amide bonds. The number of aromatic nitrogens is 4. The van der Waals surface area contributed by atoms with Crippen molar-refractivity contribution in [2.24, 2.45) is 0 Å². The van der Waals surface area contributed by atoms with Crippen molar-refractivity contribution in [3.8, 4) is 22.6 Å². The first-order valence-corrected chi connectivity index (χ1v) is 13.4. The predicted molar refractivity (Wildman–Crippen MR) is 146 cm³/mol. The van der Waals surface area contributed by atoms with Gasteiger partial charge >= 0.3 is 0 Å². The zero-order valence-electron chi connectivity index (χ0n) is 19.7. The third-order valence-corrected chi connectivity index (χ3v) is 7.35. The van der Waals surface area contributed by atoms with Gasteiger partial charge in [-0.1, -0.05) is 82.3 Å². The Morgan fingerprint density at radius 2 is 1.78 bits per heavy atom. The van der Waals surface area contributed by atoms with Gasteiger partial charge in [-0.25, -0.2) is 9.37 Å². The van der Waals surface area contributed by atoms with Crippen LogP contribution in [0.4, 0.5) is 4.39 Å². The number of para-hydroxylation sites is 1. The molecule has 2 heterocycles. The van der Waals surface area contributed by atoms with Crippen LogP contribution in [-0.4, -0.2) is 33.5 Å². The maximum Gasteiger partial charge on any atom is 0.191 e. The molecule has 5 aromatic rings. The molecule has 5 nitrogen and oxygen atoms in total. The summed E-state index contributed by atoms with van der Waals surface area (Å²) in [5, 5.41) is 10.9. The molecule has 0 saturated heterocycles. The van der Waals surface area contributed by atoms with E-state index in [1.54, 1.807) is 13.2 Å². The van der Waals surface area contributed by atoms with Gasteiger partial charge in [0.05, 0.1) is 11.2 Å². The number of halogens is 2. The van der Waals surface area contributed by atoms with Crippen LogP contribution in [0.5, 0.6) is 0 Å². The van der Waals surface area contributed by atoms with Gasteiger partial charge in [0.1, 0.15) is 5.82 Å². The van der Waals surface area contributed by atoms with Gasteiger partial charge in [-0.2, -0.15) is 0 Å². The number of thioether (sulfide) groups is 1. The molecule has 0 aliphatic heterocycles. The SMILES string of the molecule is COCCCn1c(SCc2ccc(Br)cc2F)nnc1-c1cc(-c2ccccc2)nc2ccccc12. The molecule has 36 heavy (non-hydrogen) atoms. The maximum atomic E-state index is 14.4. The Hall–Kier alpha value is -3.07. The summed E-state index contributed by atoms with van der Waals surface area (Å²) in [5.41, 5.74) is 4.39. The van der Waals surface area contributed by atoms with Gasteiger partial charge in [-0.05, 0) is 36.2 Å². The lowest BCUT2D eigenvalue weighted by molar-refractivity contribution is 0.189. The van der Waals surface area contributed by atoms with Crippen LogP contribution in [-0.2, 0) is 17.0 Å². The summed E-state index contributed by atoms with van der Waals surface area (Å²) in [6.45, 7) is 1.30. The van der Waals surface area contributed by atoms with Gasteiger partial charge in [-0.3, -0.25) is 0 Å². The Kier molecular flexibility index (Phi) is 7.75. The quantitative estimate of drug-likeness (QED) is 0.138. The van der Waals surface area contributed by atoms with Crippen LogP contribution < -0.4 is 0 Å². The molecule has 0 unspecified atom stereocenters. The highest BCUT2D eigenvalue weighted by molar-refractivity contribution is 9.10. The van der Waals surface area contributed by atoms with Crippen LogP contribution in [0.2, 0.25) is 0 Å².